The maximum atomic E-state index is 7.02. The summed E-state index contributed by atoms with van der Waals surface area (Å²) in [4.78, 5) is 2.35. The van der Waals surface area contributed by atoms with Gasteiger partial charge >= 0.3 is 0 Å². The van der Waals surface area contributed by atoms with E-state index in [0.717, 1.165) is 99.9 Å². The zero-order valence-corrected chi connectivity index (χ0v) is 33.1. The molecule has 0 unspecified atom stereocenters. The van der Waals surface area contributed by atoms with Gasteiger partial charge in [0.1, 0.15) is 16.7 Å². The molecule has 10 aromatic carbocycles. The molecule has 0 aliphatic rings. The first-order valence-electron chi connectivity index (χ1n) is 20.7. The fourth-order valence-electron chi connectivity index (χ4n) is 9.15. The van der Waals surface area contributed by atoms with Gasteiger partial charge < -0.3 is 13.7 Å². The van der Waals surface area contributed by atoms with Crippen molar-refractivity contribution in [3.05, 3.63) is 224 Å². The number of nitrogens with zero attached hydrogens (tertiary/aromatic N) is 1. The van der Waals surface area contributed by atoms with Crippen molar-refractivity contribution >= 4 is 71.7 Å². The molecule has 12 rings (SSSR count). The molecule has 12 aromatic rings. The number of hydrogen-bond donors (Lipinski definition) is 0. The number of anilines is 3. The molecular formula is C58H37NO2. The molecule has 0 radical (unpaired) electrons. The highest BCUT2D eigenvalue weighted by Gasteiger charge is 2.25. The van der Waals surface area contributed by atoms with Crippen LogP contribution in [-0.4, -0.2) is 0 Å². The smallest absolute Gasteiger partial charge is 0.159 e. The lowest BCUT2D eigenvalue weighted by Crippen LogP contribution is -2.10. The first-order valence-corrected chi connectivity index (χ1v) is 20.7. The van der Waals surface area contributed by atoms with E-state index in [9.17, 15) is 0 Å². The van der Waals surface area contributed by atoms with Crippen LogP contribution in [0.15, 0.2) is 233 Å². The van der Waals surface area contributed by atoms with Gasteiger partial charge in [-0.2, -0.15) is 0 Å². The van der Waals surface area contributed by atoms with E-state index in [0.29, 0.717) is 0 Å². The topological polar surface area (TPSA) is 29.5 Å². The van der Waals surface area contributed by atoms with Gasteiger partial charge in [-0.15, -0.1) is 0 Å². The van der Waals surface area contributed by atoms with E-state index in [2.05, 4.69) is 223 Å². The van der Waals surface area contributed by atoms with Crippen LogP contribution in [0.4, 0.5) is 17.1 Å². The summed E-state index contributed by atoms with van der Waals surface area (Å²) in [5.41, 5.74) is 15.3. The van der Waals surface area contributed by atoms with Gasteiger partial charge in [0.05, 0.1) is 16.8 Å². The van der Waals surface area contributed by atoms with Crippen LogP contribution < -0.4 is 4.90 Å². The molecule has 0 fully saturated rings. The minimum Gasteiger partial charge on any atom is -0.455 e. The molecule has 0 saturated heterocycles. The predicted octanol–water partition coefficient (Wildman–Crippen LogP) is 16.8. The number of furan rings is 2. The van der Waals surface area contributed by atoms with Crippen molar-refractivity contribution in [2.45, 2.75) is 0 Å². The van der Waals surface area contributed by atoms with Crippen LogP contribution >= 0.6 is 0 Å². The number of rotatable bonds is 7. The summed E-state index contributed by atoms with van der Waals surface area (Å²) in [6.07, 6.45) is 0. The first-order chi connectivity index (χ1) is 30.2. The molecule has 3 nitrogen and oxygen atoms in total. The molecule has 3 heteroatoms. The molecular weight excluding hydrogens is 743 g/mol. The summed E-state index contributed by atoms with van der Waals surface area (Å²) in [5.74, 6) is 0. The van der Waals surface area contributed by atoms with Crippen molar-refractivity contribution < 1.29 is 8.83 Å². The molecule has 2 aromatic heterocycles. The van der Waals surface area contributed by atoms with Crippen molar-refractivity contribution in [3.8, 4) is 44.5 Å². The molecule has 0 N–H and O–H groups in total. The zero-order chi connectivity index (χ0) is 40.3. The summed E-state index contributed by atoms with van der Waals surface area (Å²) >= 11 is 0. The highest BCUT2D eigenvalue weighted by Crippen LogP contribution is 2.49. The molecule has 0 bridgehead atoms. The number of benzene rings is 10. The van der Waals surface area contributed by atoms with E-state index in [1.807, 2.05) is 6.07 Å². The normalized spacial score (nSPS) is 11.6. The first kappa shape index (κ1) is 34.9. The molecule has 0 atom stereocenters. The van der Waals surface area contributed by atoms with Gasteiger partial charge in [-0.1, -0.05) is 170 Å². The number of hydrogen-bond acceptors (Lipinski definition) is 3. The Labute approximate surface area is 353 Å². The average molecular weight is 780 g/mol. The second-order valence-electron chi connectivity index (χ2n) is 15.6. The van der Waals surface area contributed by atoms with Gasteiger partial charge in [0.25, 0.3) is 0 Å². The Morgan fingerprint density at radius 3 is 1.56 bits per heavy atom. The molecule has 0 saturated carbocycles. The van der Waals surface area contributed by atoms with Gasteiger partial charge in [-0.05, 0) is 104 Å². The van der Waals surface area contributed by atoms with Crippen LogP contribution in [0.2, 0.25) is 0 Å². The third kappa shape index (κ3) is 5.90. The maximum absolute atomic E-state index is 7.02. The van der Waals surface area contributed by atoms with E-state index in [1.165, 1.54) is 16.3 Å². The van der Waals surface area contributed by atoms with E-state index in [-0.39, 0.29) is 0 Å². The monoisotopic (exact) mass is 779 g/mol. The van der Waals surface area contributed by atoms with Crippen molar-refractivity contribution in [3.63, 3.8) is 0 Å². The maximum Gasteiger partial charge on any atom is 0.159 e. The van der Waals surface area contributed by atoms with Gasteiger partial charge in [0.2, 0.25) is 0 Å². The molecule has 0 aliphatic carbocycles. The highest BCUT2D eigenvalue weighted by atomic mass is 16.3. The van der Waals surface area contributed by atoms with E-state index in [1.54, 1.807) is 0 Å². The molecule has 0 amide bonds. The van der Waals surface area contributed by atoms with Crippen molar-refractivity contribution in [2.75, 3.05) is 4.90 Å². The van der Waals surface area contributed by atoms with Crippen LogP contribution in [0, 0.1) is 0 Å². The van der Waals surface area contributed by atoms with Crippen LogP contribution in [0.25, 0.3) is 99.2 Å². The van der Waals surface area contributed by atoms with E-state index >= 15 is 0 Å². The zero-order valence-electron chi connectivity index (χ0n) is 33.1. The molecule has 0 aliphatic heterocycles. The second kappa shape index (κ2) is 14.3. The minimum atomic E-state index is 0.820. The summed E-state index contributed by atoms with van der Waals surface area (Å²) in [5, 5.41) is 6.67. The van der Waals surface area contributed by atoms with Gasteiger partial charge in [0, 0.05) is 27.4 Å². The molecule has 286 valence electrons. The Balaban J connectivity index is 1.11. The summed E-state index contributed by atoms with van der Waals surface area (Å²) in [6, 6.07) is 79.7. The van der Waals surface area contributed by atoms with E-state index < -0.39 is 0 Å². The Hall–Kier alpha value is -8.14. The lowest BCUT2D eigenvalue weighted by molar-refractivity contribution is 0.668. The van der Waals surface area contributed by atoms with Crippen LogP contribution in [0.3, 0.4) is 0 Å². The lowest BCUT2D eigenvalue weighted by Gasteiger charge is -2.27. The molecule has 61 heavy (non-hydrogen) atoms. The Morgan fingerprint density at radius 1 is 0.295 bits per heavy atom. The van der Waals surface area contributed by atoms with Crippen LogP contribution in [0.5, 0.6) is 0 Å². The molecule has 0 spiro atoms. The highest BCUT2D eigenvalue weighted by molar-refractivity contribution is 6.19. The Bertz CT molecular complexity index is 3560. The molecule has 2 heterocycles. The van der Waals surface area contributed by atoms with Gasteiger partial charge in [0.15, 0.2) is 5.58 Å². The van der Waals surface area contributed by atoms with Crippen LogP contribution in [0.1, 0.15) is 0 Å². The predicted molar refractivity (Wildman–Crippen MR) is 255 cm³/mol. The average Bonchev–Trinajstić information content (AvgIpc) is 3.91. The summed E-state index contributed by atoms with van der Waals surface area (Å²) < 4.78 is 14.0. The van der Waals surface area contributed by atoms with Crippen molar-refractivity contribution in [1.82, 2.24) is 0 Å². The summed E-state index contributed by atoms with van der Waals surface area (Å²) in [6.45, 7) is 0. The third-order valence-electron chi connectivity index (χ3n) is 12.1. The van der Waals surface area contributed by atoms with Crippen molar-refractivity contribution in [2.24, 2.45) is 0 Å². The standard InChI is InChI=1S/C58H37NO2/c1-4-14-38(15-5-1)43-28-32-49-50-24-13-25-53(57(50)60-54(49)36-43)59(45-30-26-42(27-31-45)47-23-12-21-40-20-10-11-22-46(40)47)52-35-34-48(41-18-8-3-9-19-41)58-56(52)51-33-29-44(37-55(51)61-58)39-16-6-2-7-17-39/h1-37H. The Kier molecular flexibility index (Phi) is 8.17. The fourth-order valence-corrected chi connectivity index (χ4v) is 9.15. The minimum absolute atomic E-state index is 0.820. The van der Waals surface area contributed by atoms with E-state index in [4.69, 9.17) is 8.83 Å². The number of para-hydroxylation sites is 1. The third-order valence-corrected chi connectivity index (χ3v) is 12.1. The van der Waals surface area contributed by atoms with Gasteiger partial charge in [-0.25, -0.2) is 0 Å². The Morgan fingerprint density at radius 2 is 0.836 bits per heavy atom. The van der Waals surface area contributed by atoms with Gasteiger partial charge in [-0.3, -0.25) is 0 Å². The van der Waals surface area contributed by atoms with Crippen molar-refractivity contribution in [1.29, 1.82) is 0 Å². The fraction of sp³-hybridized carbons (Fsp3) is 0. The number of fused-ring (bicyclic) bond motifs is 7. The second-order valence-corrected chi connectivity index (χ2v) is 15.6. The summed E-state index contributed by atoms with van der Waals surface area (Å²) in [7, 11) is 0. The lowest BCUT2D eigenvalue weighted by atomic mass is 9.97. The quantitative estimate of drug-likeness (QED) is 0.161. The van der Waals surface area contributed by atoms with Crippen LogP contribution in [-0.2, 0) is 0 Å². The largest absolute Gasteiger partial charge is 0.455 e. The SMILES string of the molecule is c1ccc(-c2ccc3c(c2)oc2c(N(c4ccc(-c5cccc6ccccc56)cc4)c4ccc(-c5ccccc5)c5oc6cc(-c7ccccc7)ccc6c45)cccc23)cc1.